The molecule has 2 fully saturated rings. The highest BCUT2D eigenvalue weighted by Crippen LogP contribution is 2.39. The SMILES string of the molecule is CCc1c(-c2ccc(OC)c(OC)c2)[nH]c2ccc(C3CCN(C(=O)C4(C)CCNCC4)CC3)cc12. The molecule has 192 valence electrons. The van der Waals surface area contributed by atoms with Gasteiger partial charge in [-0.15, -0.1) is 0 Å². The van der Waals surface area contributed by atoms with Crippen LogP contribution >= 0.6 is 0 Å². The summed E-state index contributed by atoms with van der Waals surface area (Å²) >= 11 is 0. The summed E-state index contributed by atoms with van der Waals surface area (Å²) < 4.78 is 11.0. The second-order valence-corrected chi connectivity index (χ2v) is 10.6. The van der Waals surface area contributed by atoms with E-state index in [2.05, 4.69) is 53.3 Å². The van der Waals surface area contributed by atoms with Crippen molar-refractivity contribution in [3.63, 3.8) is 0 Å². The van der Waals surface area contributed by atoms with Gasteiger partial charge in [-0.25, -0.2) is 0 Å². The Labute approximate surface area is 214 Å². The summed E-state index contributed by atoms with van der Waals surface area (Å²) in [7, 11) is 3.33. The highest BCUT2D eigenvalue weighted by atomic mass is 16.5. The van der Waals surface area contributed by atoms with Crippen LogP contribution in [0, 0.1) is 5.41 Å². The van der Waals surface area contributed by atoms with Gasteiger partial charge in [-0.2, -0.15) is 0 Å². The number of likely N-dealkylation sites (tertiary alicyclic amines) is 1. The van der Waals surface area contributed by atoms with E-state index in [0.717, 1.165) is 86.6 Å². The van der Waals surface area contributed by atoms with Gasteiger partial charge >= 0.3 is 0 Å². The average Bonchev–Trinajstić information content (AvgIpc) is 3.30. The Hall–Kier alpha value is -2.99. The van der Waals surface area contributed by atoms with E-state index in [1.807, 2.05) is 12.1 Å². The Kier molecular flexibility index (Phi) is 6.98. The largest absolute Gasteiger partial charge is 0.493 e. The summed E-state index contributed by atoms with van der Waals surface area (Å²) in [5, 5.41) is 4.68. The fourth-order valence-electron chi connectivity index (χ4n) is 6.11. The van der Waals surface area contributed by atoms with Gasteiger partial charge in [0, 0.05) is 40.7 Å². The molecule has 0 spiro atoms. The number of nitrogens with zero attached hydrogens (tertiary/aromatic N) is 1. The number of methoxy groups -OCH3 is 2. The van der Waals surface area contributed by atoms with Gasteiger partial charge < -0.3 is 24.7 Å². The van der Waals surface area contributed by atoms with Crippen molar-refractivity contribution < 1.29 is 14.3 Å². The van der Waals surface area contributed by atoms with Crippen molar-refractivity contribution in [1.82, 2.24) is 15.2 Å². The maximum atomic E-state index is 13.3. The number of hydrogen-bond acceptors (Lipinski definition) is 4. The lowest BCUT2D eigenvalue weighted by Gasteiger charge is -2.40. The third kappa shape index (κ3) is 4.47. The van der Waals surface area contributed by atoms with Crippen molar-refractivity contribution in [2.45, 2.75) is 51.9 Å². The highest BCUT2D eigenvalue weighted by molar-refractivity contribution is 5.91. The second kappa shape index (κ2) is 10.2. The molecule has 3 heterocycles. The van der Waals surface area contributed by atoms with Gasteiger partial charge in [0.2, 0.25) is 5.91 Å². The minimum atomic E-state index is -0.196. The molecule has 2 saturated heterocycles. The van der Waals surface area contributed by atoms with Gasteiger partial charge in [0.05, 0.1) is 14.2 Å². The van der Waals surface area contributed by atoms with Crippen LogP contribution < -0.4 is 14.8 Å². The molecular weight excluding hydrogens is 450 g/mol. The molecule has 0 saturated carbocycles. The lowest BCUT2D eigenvalue weighted by molar-refractivity contribution is -0.143. The molecule has 0 bridgehead atoms. The molecule has 0 unspecified atom stereocenters. The number of carbonyl (C=O) groups excluding carboxylic acids is 1. The monoisotopic (exact) mass is 489 g/mol. The molecule has 6 nitrogen and oxygen atoms in total. The zero-order valence-electron chi connectivity index (χ0n) is 22.1. The highest BCUT2D eigenvalue weighted by Gasteiger charge is 2.38. The number of ether oxygens (including phenoxy) is 2. The van der Waals surface area contributed by atoms with Crippen LogP contribution in [0.4, 0.5) is 0 Å². The topological polar surface area (TPSA) is 66.6 Å². The molecule has 1 aromatic heterocycles. The van der Waals surface area contributed by atoms with Crippen LogP contribution in [0.2, 0.25) is 0 Å². The van der Waals surface area contributed by atoms with E-state index in [1.165, 1.54) is 16.5 Å². The van der Waals surface area contributed by atoms with Crippen molar-refractivity contribution in [3.05, 3.63) is 47.5 Å². The van der Waals surface area contributed by atoms with E-state index in [1.54, 1.807) is 14.2 Å². The van der Waals surface area contributed by atoms with Gasteiger partial charge in [0.25, 0.3) is 0 Å². The van der Waals surface area contributed by atoms with Crippen molar-refractivity contribution in [2.75, 3.05) is 40.4 Å². The molecule has 0 radical (unpaired) electrons. The molecular formula is C30H39N3O3. The molecule has 1 amide bonds. The summed E-state index contributed by atoms with van der Waals surface area (Å²) in [6, 6.07) is 13.0. The van der Waals surface area contributed by atoms with E-state index in [-0.39, 0.29) is 5.41 Å². The molecule has 3 aromatic rings. The minimum Gasteiger partial charge on any atom is -0.493 e. The smallest absolute Gasteiger partial charge is 0.228 e. The second-order valence-electron chi connectivity index (χ2n) is 10.6. The number of aryl methyl sites for hydroxylation is 1. The lowest BCUT2D eigenvalue weighted by Crippen LogP contribution is -2.49. The van der Waals surface area contributed by atoms with Gasteiger partial charge in [-0.05, 0) is 92.6 Å². The first-order valence-corrected chi connectivity index (χ1v) is 13.3. The van der Waals surface area contributed by atoms with Crippen LogP contribution in [0.3, 0.4) is 0 Å². The molecule has 2 N–H and O–H groups in total. The first-order chi connectivity index (χ1) is 17.5. The predicted octanol–water partition coefficient (Wildman–Crippen LogP) is 5.51. The van der Waals surface area contributed by atoms with Crippen LogP contribution in [0.5, 0.6) is 11.5 Å². The molecule has 0 atom stereocenters. The van der Waals surface area contributed by atoms with Crippen LogP contribution in [0.25, 0.3) is 22.2 Å². The zero-order valence-corrected chi connectivity index (χ0v) is 22.1. The first kappa shape index (κ1) is 24.7. The molecule has 36 heavy (non-hydrogen) atoms. The number of hydrogen-bond donors (Lipinski definition) is 2. The molecule has 2 aliphatic rings. The summed E-state index contributed by atoms with van der Waals surface area (Å²) in [6.07, 6.45) is 4.88. The maximum Gasteiger partial charge on any atom is 0.228 e. The summed E-state index contributed by atoms with van der Waals surface area (Å²) in [6.45, 7) is 7.97. The van der Waals surface area contributed by atoms with E-state index in [4.69, 9.17) is 9.47 Å². The molecule has 2 aromatic carbocycles. The van der Waals surface area contributed by atoms with Crippen LogP contribution in [-0.2, 0) is 11.2 Å². The molecule has 6 heteroatoms. The third-order valence-corrected chi connectivity index (χ3v) is 8.43. The Balaban J connectivity index is 1.36. The number of carbonyl (C=O) groups is 1. The minimum absolute atomic E-state index is 0.196. The van der Waals surface area contributed by atoms with Crippen LogP contribution in [-0.4, -0.2) is 56.2 Å². The quantitative estimate of drug-likeness (QED) is 0.479. The maximum absolute atomic E-state index is 13.3. The Morgan fingerprint density at radius 1 is 1.03 bits per heavy atom. The number of amides is 1. The number of nitrogens with one attached hydrogen (secondary N) is 2. The van der Waals surface area contributed by atoms with Crippen LogP contribution in [0.1, 0.15) is 56.6 Å². The number of rotatable bonds is 6. The van der Waals surface area contributed by atoms with Gasteiger partial charge in [-0.1, -0.05) is 19.9 Å². The fraction of sp³-hybridized carbons (Fsp3) is 0.500. The zero-order chi connectivity index (χ0) is 25.3. The van der Waals surface area contributed by atoms with Crippen molar-refractivity contribution in [1.29, 1.82) is 0 Å². The average molecular weight is 490 g/mol. The number of piperidine rings is 2. The van der Waals surface area contributed by atoms with Gasteiger partial charge in [0.1, 0.15) is 0 Å². The Morgan fingerprint density at radius 3 is 2.42 bits per heavy atom. The van der Waals surface area contributed by atoms with E-state index in [9.17, 15) is 4.79 Å². The number of benzene rings is 2. The number of aromatic nitrogens is 1. The third-order valence-electron chi connectivity index (χ3n) is 8.43. The van der Waals surface area contributed by atoms with Crippen LogP contribution in [0.15, 0.2) is 36.4 Å². The summed E-state index contributed by atoms with van der Waals surface area (Å²) in [5.41, 5.74) is 5.91. The molecule has 2 aliphatic heterocycles. The van der Waals surface area contributed by atoms with Gasteiger partial charge in [-0.3, -0.25) is 4.79 Å². The van der Waals surface area contributed by atoms with E-state index < -0.39 is 0 Å². The van der Waals surface area contributed by atoms with Crippen molar-refractivity contribution in [3.8, 4) is 22.8 Å². The Bertz CT molecular complexity index is 1230. The Morgan fingerprint density at radius 2 is 1.75 bits per heavy atom. The van der Waals surface area contributed by atoms with Crippen molar-refractivity contribution >= 4 is 16.8 Å². The lowest BCUT2D eigenvalue weighted by atomic mass is 9.78. The molecule has 0 aliphatic carbocycles. The number of H-pyrrole nitrogens is 1. The molecule has 5 rings (SSSR count). The first-order valence-electron chi connectivity index (χ1n) is 13.3. The van der Waals surface area contributed by atoms with Gasteiger partial charge in [0.15, 0.2) is 11.5 Å². The summed E-state index contributed by atoms with van der Waals surface area (Å²) in [4.78, 5) is 19.1. The van der Waals surface area contributed by atoms with E-state index >= 15 is 0 Å². The summed E-state index contributed by atoms with van der Waals surface area (Å²) in [5.74, 6) is 2.31. The number of fused-ring (bicyclic) bond motifs is 1. The normalized spacial score (nSPS) is 18.4. The predicted molar refractivity (Wildman–Crippen MR) is 145 cm³/mol. The van der Waals surface area contributed by atoms with Crippen molar-refractivity contribution in [2.24, 2.45) is 5.41 Å². The standard InChI is InChI=1S/C30H39N3O3/c1-5-23-24-18-21(20-10-16-33(17-11-20)29(34)30(2)12-14-31-15-13-30)6-8-25(24)32-28(23)22-7-9-26(35-3)27(19-22)36-4/h6-9,18-20,31-32H,5,10-17H2,1-4H3. The number of aromatic amines is 1. The van der Waals surface area contributed by atoms with E-state index in [0.29, 0.717) is 11.8 Å². The fourth-order valence-corrected chi connectivity index (χ4v) is 6.11.